The summed E-state index contributed by atoms with van der Waals surface area (Å²) in [5, 5.41) is 34.1. The second kappa shape index (κ2) is 6.48. The fourth-order valence-corrected chi connectivity index (χ4v) is 4.23. The number of ketones is 1. The molecule has 0 amide bonds. The SMILES string of the molecule is C/C(N[C@H](CO)[C@H](O)c1ccc([N+](=O)[O-])cc1)=C1/C(=O)C[C@@H]2[C@H]1C2(C)C. The van der Waals surface area contributed by atoms with Crippen molar-refractivity contribution in [3.05, 3.63) is 51.2 Å². The van der Waals surface area contributed by atoms with E-state index in [9.17, 15) is 25.1 Å². The number of non-ortho nitro benzene ring substituents is 1. The molecular weight excluding hydrogens is 336 g/mol. The minimum atomic E-state index is -1.06. The lowest BCUT2D eigenvalue weighted by Gasteiger charge is -2.25. The average Bonchev–Trinajstić information content (AvgIpc) is 2.94. The van der Waals surface area contributed by atoms with Gasteiger partial charge in [0.25, 0.3) is 5.69 Å². The van der Waals surface area contributed by atoms with Gasteiger partial charge in [0.1, 0.15) is 6.10 Å². The summed E-state index contributed by atoms with van der Waals surface area (Å²) in [7, 11) is 0. The van der Waals surface area contributed by atoms with Gasteiger partial charge in [0.05, 0.1) is 17.6 Å². The summed E-state index contributed by atoms with van der Waals surface area (Å²) in [6.45, 7) is 5.76. The first-order valence-corrected chi connectivity index (χ1v) is 8.72. The van der Waals surface area contributed by atoms with Gasteiger partial charge < -0.3 is 15.5 Å². The van der Waals surface area contributed by atoms with Gasteiger partial charge in [0, 0.05) is 29.8 Å². The predicted molar refractivity (Wildman–Crippen MR) is 95.2 cm³/mol. The zero-order chi connectivity index (χ0) is 19.2. The molecule has 26 heavy (non-hydrogen) atoms. The zero-order valence-corrected chi connectivity index (χ0v) is 15.1. The van der Waals surface area contributed by atoms with E-state index in [1.807, 2.05) is 0 Å². The lowest BCUT2D eigenvalue weighted by atomic mass is 9.94. The second-order valence-corrected chi connectivity index (χ2v) is 7.80. The van der Waals surface area contributed by atoms with E-state index in [1.165, 1.54) is 24.3 Å². The van der Waals surface area contributed by atoms with E-state index in [4.69, 9.17) is 0 Å². The highest BCUT2D eigenvalue weighted by Crippen LogP contribution is 2.68. The van der Waals surface area contributed by atoms with Gasteiger partial charge in [0.2, 0.25) is 0 Å². The molecule has 0 radical (unpaired) electrons. The number of Topliss-reactive ketones (excluding diaryl/α,β-unsaturated/α-hetero) is 1. The Hall–Kier alpha value is -2.25. The zero-order valence-electron chi connectivity index (χ0n) is 15.1. The molecule has 3 N–H and O–H groups in total. The normalized spacial score (nSPS) is 27.5. The molecule has 2 aliphatic carbocycles. The van der Waals surface area contributed by atoms with E-state index < -0.39 is 17.1 Å². The van der Waals surface area contributed by atoms with Gasteiger partial charge in [-0.2, -0.15) is 0 Å². The third-order valence-corrected chi connectivity index (χ3v) is 5.90. The fourth-order valence-electron chi connectivity index (χ4n) is 4.23. The largest absolute Gasteiger partial charge is 0.394 e. The van der Waals surface area contributed by atoms with Gasteiger partial charge in [-0.1, -0.05) is 13.8 Å². The van der Waals surface area contributed by atoms with Crippen LogP contribution in [0.2, 0.25) is 0 Å². The number of nitro benzene ring substituents is 1. The van der Waals surface area contributed by atoms with Crippen molar-refractivity contribution >= 4 is 11.5 Å². The Morgan fingerprint density at radius 1 is 1.38 bits per heavy atom. The van der Waals surface area contributed by atoms with Crippen LogP contribution in [0.5, 0.6) is 0 Å². The monoisotopic (exact) mass is 360 g/mol. The van der Waals surface area contributed by atoms with E-state index in [2.05, 4.69) is 19.2 Å². The molecule has 1 aromatic carbocycles. The first-order valence-electron chi connectivity index (χ1n) is 8.72. The molecule has 1 aromatic rings. The van der Waals surface area contributed by atoms with Crippen molar-refractivity contribution in [1.29, 1.82) is 0 Å². The van der Waals surface area contributed by atoms with Crippen LogP contribution in [-0.2, 0) is 4.79 Å². The maximum atomic E-state index is 12.3. The molecule has 2 fully saturated rings. The molecule has 3 rings (SSSR count). The molecular formula is C19H24N2O5. The second-order valence-electron chi connectivity index (χ2n) is 7.80. The molecule has 0 aliphatic heterocycles. The van der Waals surface area contributed by atoms with Crippen LogP contribution >= 0.6 is 0 Å². The summed E-state index contributed by atoms with van der Waals surface area (Å²) < 4.78 is 0. The maximum Gasteiger partial charge on any atom is 0.269 e. The average molecular weight is 360 g/mol. The minimum absolute atomic E-state index is 0.0636. The van der Waals surface area contributed by atoms with Crippen LogP contribution in [0.1, 0.15) is 38.9 Å². The number of hydrogen-bond acceptors (Lipinski definition) is 6. The highest BCUT2D eigenvalue weighted by Gasteiger charge is 2.65. The molecule has 0 aromatic heterocycles. The number of nitro groups is 1. The topological polar surface area (TPSA) is 113 Å². The minimum Gasteiger partial charge on any atom is -0.394 e. The van der Waals surface area contributed by atoms with Crippen molar-refractivity contribution in [2.45, 2.75) is 39.3 Å². The molecule has 0 bridgehead atoms. The first kappa shape index (κ1) is 18.5. The van der Waals surface area contributed by atoms with E-state index in [1.54, 1.807) is 6.92 Å². The standard InChI is InChI=1S/C19H24N2O5/c1-10(16-15(23)8-13-17(16)19(13,2)3)20-14(9-22)18(24)11-4-6-12(7-5-11)21(25)26/h4-7,13-14,17-18,20,22,24H,8-9H2,1-3H3/b16-10+/t13-,14-,17-,18-/m1/s1. The van der Waals surface area contributed by atoms with Crippen LogP contribution in [0.3, 0.4) is 0 Å². The Morgan fingerprint density at radius 3 is 2.50 bits per heavy atom. The van der Waals surface area contributed by atoms with Crippen molar-refractivity contribution in [3.63, 3.8) is 0 Å². The maximum absolute atomic E-state index is 12.3. The van der Waals surface area contributed by atoms with Gasteiger partial charge >= 0.3 is 0 Å². The number of rotatable bonds is 6. The third kappa shape index (κ3) is 3.01. The van der Waals surface area contributed by atoms with Crippen LogP contribution in [0.25, 0.3) is 0 Å². The fraction of sp³-hybridized carbons (Fsp3) is 0.526. The summed E-state index contributed by atoms with van der Waals surface area (Å²) in [5.41, 5.74) is 1.98. The molecule has 0 heterocycles. The Bertz CT molecular complexity index is 769. The number of benzene rings is 1. The summed E-state index contributed by atoms with van der Waals surface area (Å²) in [4.78, 5) is 22.5. The number of fused-ring (bicyclic) bond motifs is 1. The Labute approximate surface area is 151 Å². The number of nitrogens with zero attached hydrogens (tertiary/aromatic N) is 1. The summed E-state index contributed by atoms with van der Waals surface area (Å²) in [5.74, 6) is 0.748. The van der Waals surface area contributed by atoms with Gasteiger partial charge in [-0.25, -0.2) is 0 Å². The van der Waals surface area contributed by atoms with E-state index in [0.29, 0.717) is 23.6 Å². The molecule has 7 nitrogen and oxygen atoms in total. The summed E-state index contributed by atoms with van der Waals surface area (Å²) in [6, 6.07) is 4.86. The van der Waals surface area contributed by atoms with Crippen molar-refractivity contribution in [2.24, 2.45) is 17.3 Å². The van der Waals surface area contributed by atoms with Crippen molar-refractivity contribution in [2.75, 3.05) is 6.61 Å². The Kier molecular flexibility index (Phi) is 4.62. The number of carbonyl (C=O) groups is 1. The summed E-state index contributed by atoms with van der Waals surface area (Å²) >= 11 is 0. The predicted octanol–water partition coefficient (Wildman–Crippen LogP) is 2.10. The van der Waals surface area contributed by atoms with E-state index in [0.717, 1.165) is 5.57 Å². The Balaban J connectivity index is 1.77. The highest BCUT2D eigenvalue weighted by molar-refractivity contribution is 6.01. The lowest BCUT2D eigenvalue weighted by Crippen LogP contribution is -2.38. The van der Waals surface area contributed by atoms with Crippen molar-refractivity contribution in [3.8, 4) is 0 Å². The van der Waals surface area contributed by atoms with Crippen molar-refractivity contribution in [1.82, 2.24) is 5.32 Å². The van der Waals surface area contributed by atoms with Crippen LogP contribution in [0, 0.1) is 27.4 Å². The number of aliphatic hydroxyl groups excluding tert-OH is 2. The van der Waals surface area contributed by atoms with Gasteiger partial charge in [-0.05, 0) is 41.9 Å². The third-order valence-electron chi connectivity index (χ3n) is 5.90. The number of aliphatic hydroxyl groups is 2. The molecule has 0 spiro atoms. The highest BCUT2D eigenvalue weighted by atomic mass is 16.6. The van der Waals surface area contributed by atoms with Gasteiger partial charge in [-0.15, -0.1) is 0 Å². The first-order chi connectivity index (χ1) is 12.2. The molecule has 0 unspecified atom stereocenters. The Morgan fingerprint density at radius 2 is 2.00 bits per heavy atom. The van der Waals surface area contributed by atoms with Crippen LogP contribution < -0.4 is 5.32 Å². The van der Waals surface area contributed by atoms with E-state index in [-0.39, 0.29) is 29.4 Å². The smallest absolute Gasteiger partial charge is 0.269 e. The van der Waals surface area contributed by atoms with Crippen LogP contribution in [0.4, 0.5) is 5.69 Å². The van der Waals surface area contributed by atoms with Gasteiger partial charge in [-0.3, -0.25) is 14.9 Å². The molecule has 0 saturated heterocycles. The van der Waals surface area contributed by atoms with E-state index >= 15 is 0 Å². The molecule has 7 heteroatoms. The lowest BCUT2D eigenvalue weighted by molar-refractivity contribution is -0.384. The number of allylic oxidation sites excluding steroid dienone is 2. The molecule has 2 saturated carbocycles. The number of nitrogens with one attached hydrogen (secondary N) is 1. The molecule has 4 atom stereocenters. The van der Waals surface area contributed by atoms with Crippen LogP contribution in [-0.4, -0.2) is 33.6 Å². The number of carbonyl (C=O) groups excluding carboxylic acids is 1. The van der Waals surface area contributed by atoms with Crippen LogP contribution in [0.15, 0.2) is 35.5 Å². The van der Waals surface area contributed by atoms with Crippen molar-refractivity contribution < 1.29 is 19.9 Å². The molecule has 2 aliphatic rings. The summed E-state index contributed by atoms with van der Waals surface area (Å²) in [6.07, 6.45) is -0.503. The molecule has 140 valence electrons. The number of hydrogen-bond donors (Lipinski definition) is 3. The van der Waals surface area contributed by atoms with Gasteiger partial charge in [0.15, 0.2) is 5.78 Å². The quantitative estimate of drug-likeness (QED) is 0.407.